The van der Waals surface area contributed by atoms with Crippen LogP contribution in [0.25, 0.3) is 0 Å². The number of carbonyl (C=O) groups is 1. The standard InChI is InChI=1S/C12H20O2/c1-3-5-6-7-8-9-10-11-12(13)14-4-2/h4,10-11H,2-3,5-9H2,1H3/b11-10+. The first-order valence-corrected chi connectivity index (χ1v) is 5.29. The van der Waals surface area contributed by atoms with E-state index in [0.29, 0.717) is 0 Å². The second-order valence-corrected chi connectivity index (χ2v) is 3.21. The van der Waals surface area contributed by atoms with Gasteiger partial charge in [0.05, 0.1) is 6.26 Å². The van der Waals surface area contributed by atoms with E-state index >= 15 is 0 Å². The van der Waals surface area contributed by atoms with Crippen molar-refractivity contribution in [3.8, 4) is 0 Å². The van der Waals surface area contributed by atoms with Gasteiger partial charge < -0.3 is 4.74 Å². The molecule has 2 nitrogen and oxygen atoms in total. The van der Waals surface area contributed by atoms with Gasteiger partial charge in [0.1, 0.15) is 0 Å². The molecule has 0 saturated carbocycles. The maximum Gasteiger partial charge on any atom is 0.335 e. The number of allylic oxidation sites excluding steroid dienone is 1. The van der Waals surface area contributed by atoms with Gasteiger partial charge in [-0.2, -0.15) is 0 Å². The van der Waals surface area contributed by atoms with Crippen molar-refractivity contribution in [2.75, 3.05) is 0 Å². The van der Waals surface area contributed by atoms with Crippen LogP contribution in [0.1, 0.15) is 45.4 Å². The molecule has 0 saturated heterocycles. The first-order chi connectivity index (χ1) is 6.81. The van der Waals surface area contributed by atoms with Gasteiger partial charge in [-0.1, -0.05) is 45.3 Å². The summed E-state index contributed by atoms with van der Waals surface area (Å²) >= 11 is 0. The lowest BCUT2D eigenvalue weighted by molar-refractivity contribution is -0.132. The van der Waals surface area contributed by atoms with E-state index < -0.39 is 0 Å². The van der Waals surface area contributed by atoms with E-state index in [4.69, 9.17) is 0 Å². The minimum Gasteiger partial charge on any atom is -0.432 e. The van der Waals surface area contributed by atoms with Crippen LogP contribution in [-0.2, 0) is 9.53 Å². The van der Waals surface area contributed by atoms with Gasteiger partial charge in [0.25, 0.3) is 0 Å². The van der Waals surface area contributed by atoms with Crippen LogP contribution in [-0.4, -0.2) is 5.97 Å². The van der Waals surface area contributed by atoms with E-state index in [1.807, 2.05) is 6.08 Å². The molecule has 0 amide bonds. The van der Waals surface area contributed by atoms with Crippen LogP contribution >= 0.6 is 0 Å². The van der Waals surface area contributed by atoms with E-state index in [9.17, 15) is 4.79 Å². The van der Waals surface area contributed by atoms with Gasteiger partial charge in [-0.15, -0.1) is 0 Å². The summed E-state index contributed by atoms with van der Waals surface area (Å²) in [6, 6.07) is 0. The summed E-state index contributed by atoms with van der Waals surface area (Å²) < 4.78 is 4.53. The molecule has 0 atom stereocenters. The number of hydrogen-bond acceptors (Lipinski definition) is 2. The van der Waals surface area contributed by atoms with E-state index in [2.05, 4.69) is 18.2 Å². The third-order valence-corrected chi connectivity index (χ3v) is 1.93. The Morgan fingerprint density at radius 2 is 2.00 bits per heavy atom. The van der Waals surface area contributed by atoms with Gasteiger partial charge in [0, 0.05) is 6.08 Å². The van der Waals surface area contributed by atoms with Crippen LogP contribution in [0.15, 0.2) is 25.0 Å². The minimum atomic E-state index is -0.339. The molecule has 0 aliphatic rings. The normalized spacial score (nSPS) is 10.4. The molecule has 0 N–H and O–H groups in total. The fourth-order valence-corrected chi connectivity index (χ4v) is 1.17. The van der Waals surface area contributed by atoms with Crippen molar-refractivity contribution in [3.05, 3.63) is 25.0 Å². The first kappa shape index (κ1) is 12.9. The molecular weight excluding hydrogens is 176 g/mol. The topological polar surface area (TPSA) is 26.3 Å². The van der Waals surface area contributed by atoms with E-state index in [0.717, 1.165) is 19.1 Å². The van der Waals surface area contributed by atoms with E-state index in [1.54, 1.807) is 0 Å². The number of carbonyl (C=O) groups excluding carboxylic acids is 1. The average molecular weight is 196 g/mol. The SMILES string of the molecule is C=COC(=O)/C=C/CCCCCCC. The third-order valence-electron chi connectivity index (χ3n) is 1.93. The summed E-state index contributed by atoms with van der Waals surface area (Å²) in [5, 5.41) is 0. The molecule has 14 heavy (non-hydrogen) atoms. The Bertz CT molecular complexity index is 183. The van der Waals surface area contributed by atoms with Gasteiger partial charge in [-0.25, -0.2) is 4.79 Å². The summed E-state index contributed by atoms with van der Waals surface area (Å²) in [5.74, 6) is -0.339. The molecule has 2 heteroatoms. The third kappa shape index (κ3) is 9.04. The monoisotopic (exact) mass is 196 g/mol. The summed E-state index contributed by atoms with van der Waals surface area (Å²) in [6.07, 6.45) is 11.7. The maximum atomic E-state index is 10.8. The van der Waals surface area contributed by atoms with Crippen LogP contribution in [0, 0.1) is 0 Å². The van der Waals surface area contributed by atoms with E-state index in [-0.39, 0.29) is 5.97 Å². The molecular formula is C12H20O2. The second-order valence-electron chi connectivity index (χ2n) is 3.21. The molecule has 0 bridgehead atoms. The van der Waals surface area contributed by atoms with Crippen LogP contribution in [0.4, 0.5) is 0 Å². The highest BCUT2D eigenvalue weighted by molar-refractivity contribution is 5.82. The zero-order valence-corrected chi connectivity index (χ0v) is 9.00. The molecule has 0 spiro atoms. The zero-order valence-electron chi connectivity index (χ0n) is 9.00. The van der Waals surface area contributed by atoms with Crippen molar-refractivity contribution in [2.24, 2.45) is 0 Å². The Balaban J connectivity index is 3.26. The van der Waals surface area contributed by atoms with E-state index in [1.165, 1.54) is 31.8 Å². The van der Waals surface area contributed by atoms with Crippen molar-refractivity contribution in [3.63, 3.8) is 0 Å². The Hall–Kier alpha value is -1.05. The Labute approximate surface area is 86.6 Å². The zero-order chi connectivity index (χ0) is 10.6. The second kappa shape index (κ2) is 10.0. The van der Waals surface area contributed by atoms with Gasteiger partial charge in [-0.05, 0) is 12.8 Å². The minimum absolute atomic E-state index is 0.339. The molecule has 0 radical (unpaired) electrons. The molecule has 0 aromatic rings. The number of esters is 1. The highest BCUT2D eigenvalue weighted by Crippen LogP contribution is 2.05. The van der Waals surface area contributed by atoms with Crippen LogP contribution in [0.2, 0.25) is 0 Å². The van der Waals surface area contributed by atoms with Crippen molar-refractivity contribution in [1.82, 2.24) is 0 Å². The van der Waals surface area contributed by atoms with Crippen molar-refractivity contribution < 1.29 is 9.53 Å². The highest BCUT2D eigenvalue weighted by Gasteiger charge is 1.91. The number of ether oxygens (including phenoxy) is 1. The highest BCUT2D eigenvalue weighted by atomic mass is 16.5. The van der Waals surface area contributed by atoms with Crippen molar-refractivity contribution >= 4 is 5.97 Å². The number of hydrogen-bond donors (Lipinski definition) is 0. The largest absolute Gasteiger partial charge is 0.432 e. The Kier molecular flexibility index (Phi) is 9.28. The summed E-state index contributed by atoms with van der Waals surface area (Å²) in [7, 11) is 0. The predicted octanol–water partition coefficient (Wildman–Crippen LogP) is 3.59. The first-order valence-electron chi connectivity index (χ1n) is 5.29. The summed E-state index contributed by atoms with van der Waals surface area (Å²) in [5.41, 5.74) is 0. The maximum absolute atomic E-state index is 10.8. The predicted molar refractivity (Wildman–Crippen MR) is 58.8 cm³/mol. The smallest absolute Gasteiger partial charge is 0.335 e. The molecule has 0 aromatic carbocycles. The molecule has 0 rings (SSSR count). The van der Waals surface area contributed by atoms with Crippen molar-refractivity contribution in [2.45, 2.75) is 45.4 Å². The molecule has 0 fully saturated rings. The lowest BCUT2D eigenvalue weighted by Gasteiger charge is -1.95. The molecule has 0 aliphatic carbocycles. The van der Waals surface area contributed by atoms with Gasteiger partial charge in [-0.3, -0.25) is 0 Å². The van der Waals surface area contributed by atoms with Crippen LogP contribution in [0.3, 0.4) is 0 Å². The molecule has 0 aliphatic heterocycles. The van der Waals surface area contributed by atoms with Gasteiger partial charge >= 0.3 is 5.97 Å². The van der Waals surface area contributed by atoms with Gasteiger partial charge in [0.15, 0.2) is 0 Å². The molecule has 80 valence electrons. The number of rotatable bonds is 8. The molecule has 0 aromatic heterocycles. The van der Waals surface area contributed by atoms with Crippen LogP contribution < -0.4 is 0 Å². The summed E-state index contributed by atoms with van der Waals surface area (Å²) in [6.45, 7) is 5.50. The van der Waals surface area contributed by atoms with Gasteiger partial charge in [0.2, 0.25) is 0 Å². The fourth-order valence-electron chi connectivity index (χ4n) is 1.17. The Morgan fingerprint density at radius 1 is 1.29 bits per heavy atom. The lowest BCUT2D eigenvalue weighted by Crippen LogP contribution is -1.92. The molecule has 0 unspecified atom stereocenters. The van der Waals surface area contributed by atoms with Crippen LogP contribution in [0.5, 0.6) is 0 Å². The quantitative estimate of drug-likeness (QED) is 0.257. The number of unbranched alkanes of at least 4 members (excludes halogenated alkanes) is 5. The lowest BCUT2D eigenvalue weighted by atomic mass is 10.1. The molecule has 0 heterocycles. The van der Waals surface area contributed by atoms with Crippen molar-refractivity contribution in [1.29, 1.82) is 0 Å². The average Bonchev–Trinajstić information content (AvgIpc) is 2.17. The summed E-state index contributed by atoms with van der Waals surface area (Å²) in [4.78, 5) is 10.8. The Morgan fingerprint density at radius 3 is 2.64 bits per heavy atom. The fraction of sp³-hybridized carbons (Fsp3) is 0.583.